The first-order valence-corrected chi connectivity index (χ1v) is 11.2. The number of carbonyl (C=O) groups excluding carboxylic acids is 4. The number of ether oxygens (including phenoxy) is 1. The molecular formula is C25H27N3O5. The van der Waals surface area contributed by atoms with Crippen molar-refractivity contribution in [2.75, 3.05) is 19.7 Å². The molecule has 0 radical (unpaired) electrons. The molecule has 0 spiro atoms. The Kier molecular flexibility index (Phi) is 6.44. The number of piperidine rings is 1. The van der Waals surface area contributed by atoms with Crippen molar-refractivity contribution in [1.29, 1.82) is 0 Å². The third kappa shape index (κ3) is 4.46. The lowest BCUT2D eigenvalue weighted by Crippen LogP contribution is -2.53. The van der Waals surface area contributed by atoms with E-state index in [1.54, 1.807) is 60.4 Å². The summed E-state index contributed by atoms with van der Waals surface area (Å²) in [6, 6.07) is 12.6. The van der Waals surface area contributed by atoms with Gasteiger partial charge in [-0.15, -0.1) is 0 Å². The first kappa shape index (κ1) is 22.5. The molecule has 1 atom stereocenters. The summed E-state index contributed by atoms with van der Waals surface area (Å²) in [5.41, 5.74) is 1.24. The number of fused-ring (bicyclic) bond motifs is 1. The highest BCUT2D eigenvalue weighted by atomic mass is 16.5. The number of carbonyl (C=O) groups is 4. The lowest BCUT2D eigenvalue weighted by molar-refractivity contribution is -0.125. The van der Waals surface area contributed by atoms with Gasteiger partial charge in [0, 0.05) is 24.7 Å². The van der Waals surface area contributed by atoms with Gasteiger partial charge in [0.1, 0.15) is 11.8 Å². The Labute approximate surface area is 192 Å². The third-order valence-corrected chi connectivity index (χ3v) is 6.13. The summed E-state index contributed by atoms with van der Waals surface area (Å²) in [6.07, 6.45) is 1.20. The highest BCUT2D eigenvalue weighted by molar-refractivity contribution is 6.22. The first-order valence-electron chi connectivity index (χ1n) is 11.2. The zero-order valence-electron chi connectivity index (χ0n) is 18.7. The molecule has 1 saturated heterocycles. The van der Waals surface area contributed by atoms with Crippen LogP contribution < -0.4 is 10.1 Å². The summed E-state index contributed by atoms with van der Waals surface area (Å²) in [4.78, 5) is 53.6. The smallest absolute Gasteiger partial charge is 0.262 e. The molecule has 8 nitrogen and oxygen atoms in total. The number of hydrogen-bond acceptors (Lipinski definition) is 5. The molecule has 0 aromatic heterocycles. The molecule has 2 heterocycles. The maximum absolute atomic E-state index is 12.8. The Balaban J connectivity index is 1.31. The van der Waals surface area contributed by atoms with Crippen LogP contribution in [0, 0.1) is 0 Å². The van der Waals surface area contributed by atoms with Crippen molar-refractivity contribution in [3.05, 3.63) is 65.2 Å². The number of nitrogens with zero attached hydrogens (tertiary/aromatic N) is 2. The van der Waals surface area contributed by atoms with Crippen molar-refractivity contribution in [3.63, 3.8) is 0 Å². The molecule has 1 N–H and O–H groups in total. The van der Waals surface area contributed by atoms with Gasteiger partial charge in [-0.2, -0.15) is 0 Å². The van der Waals surface area contributed by atoms with E-state index in [9.17, 15) is 19.2 Å². The van der Waals surface area contributed by atoms with E-state index in [4.69, 9.17) is 4.74 Å². The van der Waals surface area contributed by atoms with Crippen LogP contribution in [-0.4, -0.2) is 65.2 Å². The van der Waals surface area contributed by atoms with Gasteiger partial charge in [-0.3, -0.25) is 24.1 Å². The first-order chi connectivity index (χ1) is 15.9. The van der Waals surface area contributed by atoms with Crippen molar-refractivity contribution < 1.29 is 23.9 Å². The summed E-state index contributed by atoms with van der Waals surface area (Å²) in [5.74, 6) is -0.603. The molecule has 172 valence electrons. The number of amides is 4. The number of benzene rings is 2. The zero-order valence-corrected chi connectivity index (χ0v) is 18.7. The van der Waals surface area contributed by atoms with E-state index in [2.05, 4.69) is 5.32 Å². The fourth-order valence-corrected chi connectivity index (χ4v) is 4.27. The largest absolute Gasteiger partial charge is 0.494 e. The van der Waals surface area contributed by atoms with Gasteiger partial charge in [-0.25, -0.2) is 0 Å². The Hall–Kier alpha value is -3.68. The molecule has 2 aromatic carbocycles. The van der Waals surface area contributed by atoms with Crippen molar-refractivity contribution in [3.8, 4) is 5.75 Å². The second kappa shape index (κ2) is 9.44. The lowest BCUT2D eigenvalue weighted by atomic mass is 10.0. The topological polar surface area (TPSA) is 96.0 Å². The van der Waals surface area contributed by atoms with E-state index < -0.39 is 17.9 Å². The standard InChI is InChI=1S/C25H27N3O5/c1-3-33-19-10-8-17(9-11-19)23(30)27-14-12-18(13-15-27)26-22(29)16(2)28-24(31)20-6-4-5-7-21(20)25(28)32/h4-11,16,18H,3,12-15H2,1-2H3,(H,26,29). The Morgan fingerprint density at radius 2 is 1.58 bits per heavy atom. The fraction of sp³-hybridized carbons (Fsp3) is 0.360. The predicted octanol–water partition coefficient (Wildman–Crippen LogP) is 2.49. The van der Waals surface area contributed by atoms with Crippen LogP contribution in [0.2, 0.25) is 0 Å². The van der Waals surface area contributed by atoms with E-state index in [-0.39, 0.29) is 17.9 Å². The second-order valence-electron chi connectivity index (χ2n) is 8.23. The molecule has 33 heavy (non-hydrogen) atoms. The van der Waals surface area contributed by atoms with Crippen LogP contribution in [0.3, 0.4) is 0 Å². The van der Waals surface area contributed by atoms with Gasteiger partial charge in [-0.05, 0) is 63.1 Å². The molecule has 2 aromatic rings. The quantitative estimate of drug-likeness (QED) is 0.684. The predicted molar refractivity (Wildman–Crippen MR) is 121 cm³/mol. The fourth-order valence-electron chi connectivity index (χ4n) is 4.27. The zero-order chi connectivity index (χ0) is 23.5. The van der Waals surface area contributed by atoms with Crippen molar-refractivity contribution in [2.45, 2.75) is 38.8 Å². The number of rotatable bonds is 6. The molecule has 1 fully saturated rings. The highest BCUT2D eigenvalue weighted by Crippen LogP contribution is 2.25. The van der Waals surface area contributed by atoms with Gasteiger partial charge in [-0.1, -0.05) is 12.1 Å². The molecule has 2 aliphatic heterocycles. The number of imide groups is 1. The van der Waals surface area contributed by atoms with Gasteiger partial charge < -0.3 is 15.0 Å². The van der Waals surface area contributed by atoms with Crippen LogP contribution in [0.1, 0.15) is 57.8 Å². The molecule has 1 unspecified atom stereocenters. The molecule has 4 rings (SSSR count). The van der Waals surface area contributed by atoms with Gasteiger partial charge in [0.25, 0.3) is 17.7 Å². The Bertz CT molecular complexity index is 1040. The van der Waals surface area contributed by atoms with Crippen molar-refractivity contribution in [1.82, 2.24) is 15.1 Å². The molecule has 8 heteroatoms. The second-order valence-corrected chi connectivity index (χ2v) is 8.23. The van der Waals surface area contributed by atoms with Crippen LogP contribution in [0.25, 0.3) is 0 Å². The SMILES string of the molecule is CCOc1ccc(C(=O)N2CCC(NC(=O)C(C)N3C(=O)c4ccccc4C3=O)CC2)cc1. The maximum atomic E-state index is 12.8. The molecule has 0 bridgehead atoms. The van der Waals surface area contributed by atoms with Gasteiger partial charge >= 0.3 is 0 Å². The van der Waals surface area contributed by atoms with E-state index >= 15 is 0 Å². The number of likely N-dealkylation sites (tertiary alicyclic amines) is 1. The highest BCUT2D eigenvalue weighted by Gasteiger charge is 2.41. The third-order valence-electron chi connectivity index (χ3n) is 6.13. The molecule has 0 saturated carbocycles. The monoisotopic (exact) mass is 449 g/mol. The van der Waals surface area contributed by atoms with Gasteiger partial charge in [0.05, 0.1) is 17.7 Å². The minimum absolute atomic E-state index is 0.0535. The van der Waals surface area contributed by atoms with Crippen LogP contribution in [0.5, 0.6) is 5.75 Å². The summed E-state index contributed by atoms with van der Waals surface area (Å²) < 4.78 is 5.41. The average molecular weight is 450 g/mol. The summed E-state index contributed by atoms with van der Waals surface area (Å²) >= 11 is 0. The number of nitrogens with one attached hydrogen (secondary N) is 1. The van der Waals surface area contributed by atoms with Crippen molar-refractivity contribution in [2.24, 2.45) is 0 Å². The lowest BCUT2D eigenvalue weighted by Gasteiger charge is -2.33. The van der Waals surface area contributed by atoms with E-state index in [1.165, 1.54) is 0 Å². The summed E-state index contributed by atoms with van der Waals surface area (Å²) in [6.45, 7) is 5.05. The van der Waals surface area contributed by atoms with Crippen LogP contribution in [-0.2, 0) is 4.79 Å². The van der Waals surface area contributed by atoms with E-state index in [0.29, 0.717) is 49.2 Å². The average Bonchev–Trinajstić information content (AvgIpc) is 3.09. The van der Waals surface area contributed by atoms with Crippen molar-refractivity contribution >= 4 is 23.6 Å². The van der Waals surface area contributed by atoms with Gasteiger partial charge in [0.2, 0.25) is 5.91 Å². The summed E-state index contributed by atoms with van der Waals surface area (Å²) in [5, 5.41) is 2.94. The van der Waals surface area contributed by atoms with Crippen LogP contribution in [0.4, 0.5) is 0 Å². The normalized spacial score (nSPS) is 17.0. The van der Waals surface area contributed by atoms with Crippen LogP contribution >= 0.6 is 0 Å². The minimum Gasteiger partial charge on any atom is -0.494 e. The minimum atomic E-state index is -0.916. The molecular weight excluding hydrogens is 422 g/mol. The summed E-state index contributed by atoms with van der Waals surface area (Å²) in [7, 11) is 0. The Morgan fingerprint density at radius 1 is 1.00 bits per heavy atom. The molecule has 2 aliphatic rings. The van der Waals surface area contributed by atoms with E-state index in [1.807, 2.05) is 6.92 Å². The Morgan fingerprint density at radius 3 is 2.12 bits per heavy atom. The van der Waals surface area contributed by atoms with E-state index in [0.717, 1.165) is 10.6 Å². The van der Waals surface area contributed by atoms with Gasteiger partial charge in [0.15, 0.2) is 0 Å². The molecule has 0 aliphatic carbocycles. The number of hydrogen-bond donors (Lipinski definition) is 1. The van der Waals surface area contributed by atoms with Crippen LogP contribution in [0.15, 0.2) is 48.5 Å². The maximum Gasteiger partial charge on any atom is 0.262 e. The molecule has 4 amide bonds.